The van der Waals surface area contributed by atoms with Gasteiger partial charge in [0.25, 0.3) is 0 Å². The Morgan fingerprint density at radius 2 is 0.932 bits per heavy atom. The average molecular weight is 767 g/mol. The molecule has 0 atom stereocenters. The fraction of sp³-hybridized carbons (Fsp3) is 0. The predicted molar refractivity (Wildman–Crippen MR) is 252 cm³/mol. The van der Waals surface area contributed by atoms with E-state index < -0.39 is 0 Å². The molecule has 2 heterocycles. The molecule has 0 spiro atoms. The lowest BCUT2D eigenvalue weighted by Gasteiger charge is -2.17. The summed E-state index contributed by atoms with van der Waals surface area (Å²) in [5, 5.41) is 12.5. The molecule has 59 heavy (non-hydrogen) atoms. The topological polar surface area (TPSA) is 25.8 Å². The summed E-state index contributed by atoms with van der Waals surface area (Å²) in [7, 11) is 0. The molecule has 0 bridgehead atoms. The summed E-state index contributed by atoms with van der Waals surface area (Å²) in [6, 6.07) is 74.5. The van der Waals surface area contributed by atoms with E-state index in [1.165, 1.54) is 80.1 Å². The van der Waals surface area contributed by atoms with Crippen molar-refractivity contribution in [3.63, 3.8) is 0 Å². The summed E-state index contributed by atoms with van der Waals surface area (Å²) in [5.41, 5.74) is 9.75. The van der Waals surface area contributed by atoms with Crippen molar-refractivity contribution in [2.24, 2.45) is 0 Å². The van der Waals surface area contributed by atoms with E-state index in [1.807, 2.05) is 17.4 Å². The zero-order chi connectivity index (χ0) is 38.9. The lowest BCUT2D eigenvalue weighted by molar-refractivity contribution is 1.18. The van der Waals surface area contributed by atoms with Gasteiger partial charge in [-0.3, -0.25) is 0 Å². The van der Waals surface area contributed by atoms with E-state index in [4.69, 9.17) is 9.97 Å². The van der Waals surface area contributed by atoms with Crippen molar-refractivity contribution in [2.45, 2.75) is 0 Å². The number of rotatable bonds is 5. The number of aromatic nitrogens is 2. The van der Waals surface area contributed by atoms with E-state index in [-0.39, 0.29) is 0 Å². The van der Waals surface area contributed by atoms with Crippen LogP contribution in [0.25, 0.3) is 119 Å². The van der Waals surface area contributed by atoms with Crippen molar-refractivity contribution in [1.29, 1.82) is 0 Å². The van der Waals surface area contributed by atoms with Gasteiger partial charge in [-0.05, 0) is 95.7 Å². The minimum atomic E-state index is 0.703. The first-order chi connectivity index (χ1) is 29.2. The van der Waals surface area contributed by atoms with E-state index in [0.29, 0.717) is 5.82 Å². The smallest absolute Gasteiger partial charge is 0.160 e. The molecule has 12 aromatic rings. The molecule has 0 radical (unpaired) electrons. The minimum absolute atomic E-state index is 0.703. The second-order valence-electron chi connectivity index (χ2n) is 15.2. The van der Waals surface area contributed by atoms with E-state index >= 15 is 0 Å². The molecule has 0 saturated heterocycles. The number of fused-ring (bicyclic) bond motifs is 8. The lowest BCUT2D eigenvalue weighted by Crippen LogP contribution is -1.97. The van der Waals surface area contributed by atoms with Gasteiger partial charge >= 0.3 is 0 Å². The van der Waals surface area contributed by atoms with Crippen LogP contribution in [-0.4, -0.2) is 9.97 Å². The van der Waals surface area contributed by atoms with Crippen molar-refractivity contribution < 1.29 is 0 Å². The standard InChI is InChI=1S/C56H34N2S/c1-2-15-36(16-3-1)56-57-50(39-19-12-18-37(32-39)42-25-13-27-53-55(42)48-24-10-11-26-52(48)59-53)34-51(58-56)45-30-31-46(44-23-9-8-22-43(44)45)54-41-21-7-5-17-38(41)33-49-40-20-6-4-14-35(40)28-29-47(49)54/h1-34H. The summed E-state index contributed by atoms with van der Waals surface area (Å²) in [5.74, 6) is 0.703. The molecule has 3 heteroatoms. The second kappa shape index (κ2) is 13.6. The fourth-order valence-corrected chi connectivity index (χ4v) is 10.3. The maximum atomic E-state index is 5.32. The molecule has 0 aliphatic carbocycles. The van der Waals surface area contributed by atoms with Crippen LogP contribution in [0.4, 0.5) is 0 Å². The van der Waals surface area contributed by atoms with Gasteiger partial charge in [0.15, 0.2) is 5.82 Å². The van der Waals surface area contributed by atoms with Crippen LogP contribution in [0.2, 0.25) is 0 Å². The highest BCUT2D eigenvalue weighted by atomic mass is 32.1. The van der Waals surface area contributed by atoms with Gasteiger partial charge in [0.2, 0.25) is 0 Å². The number of benzene rings is 10. The molecule has 0 saturated carbocycles. The van der Waals surface area contributed by atoms with Crippen molar-refractivity contribution in [1.82, 2.24) is 9.97 Å². The minimum Gasteiger partial charge on any atom is -0.228 e. The van der Waals surface area contributed by atoms with Crippen molar-refractivity contribution in [3.05, 3.63) is 206 Å². The summed E-state index contributed by atoms with van der Waals surface area (Å²) in [4.78, 5) is 10.6. The van der Waals surface area contributed by atoms with Gasteiger partial charge in [0.1, 0.15) is 0 Å². The number of thiophene rings is 1. The second-order valence-corrected chi connectivity index (χ2v) is 16.3. The summed E-state index contributed by atoms with van der Waals surface area (Å²) in [6.45, 7) is 0. The molecule has 0 aliphatic rings. The molecular formula is C56H34N2S. The van der Waals surface area contributed by atoms with Gasteiger partial charge in [-0.2, -0.15) is 0 Å². The van der Waals surface area contributed by atoms with Gasteiger partial charge in [-0.15, -0.1) is 11.3 Å². The van der Waals surface area contributed by atoms with E-state index in [2.05, 4.69) is 200 Å². The Morgan fingerprint density at radius 1 is 0.305 bits per heavy atom. The number of nitrogens with zero attached hydrogens (tertiary/aromatic N) is 2. The first-order valence-corrected chi connectivity index (χ1v) is 20.9. The Bertz CT molecular complexity index is 3620. The van der Waals surface area contributed by atoms with E-state index in [0.717, 1.165) is 33.5 Å². The maximum Gasteiger partial charge on any atom is 0.160 e. The fourth-order valence-electron chi connectivity index (χ4n) is 9.16. The highest BCUT2D eigenvalue weighted by molar-refractivity contribution is 7.25. The average Bonchev–Trinajstić information content (AvgIpc) is 3.70. The van der Waals surface area contributed by atoms with E-state index in [9.17, 15) is 0 Å². The first-order valence-electron chi connectivity index (χ1n) is 20.1. The summed E-state index contributed by atoms with van der Waals surface area (Å²) < 4.78 is 2.60. The lowest BCUT2D eigenvalue weighted by atomic mass is 9.86. The molecule has 12 rings (SSSR count). The predicted octanol–water partition coefficient (Wildman–Crippen LogP) is 15.8. The third-order valence-corrected chi connectivity index (χ3v) is 13.0. The largest absolute Gasteiger partial charge is 0.228 e. The quantitative estimate of drug-likeness (QED) is 0.129. The van der Waals surface area contributed by atoms with Gasteiger partial charge in [-0.1, -0.05) is 176 Å². The number of hydrogen-bond acceptors (Lipinski definition) is 3. The molecule has 0 unspecified atom stereocenters. The Hall–Kier alpha value is -7.46. The zero-order valence-corrected chi connectivity index (χ0v) is 32.7. The van der Waals surface area contributed by atoms with Crippen LogP contribution < -0.4 is 0 Å². The third-order valence-electron chi connectivity index (χ3n) is 11.9. The van der Waals surface area contributed by atoms with Crippen molar-refractivity contribution >= 4 is 74.6 Å². The van der Waals surface area contributed by atoms with Crippen LogP contribution in [-0.2, 0) is 0 Å². The Labute approximate surface area is 345 Å². The zero-order valence-electron chi connectivity index (χ0n) is 31.9. The third kappa shape index (κ3) is 5.55. The van der Waals surface area contributed by atoms with Crippen LogP contribution in [0.5, 0.6) is 0 Å². The van der Waals surface area contributed by atoms with Gasteiger partial charge in [0, 0.05) is 36.9 Å². The van der Waals surface area contributed by atoms with Crippen LogP contribution >= 0.6 is 11.3 Å². The van der Waals surface area contributed by atoms with Crippen molar-refractivity contribution in [2.75, 3.05) is 0 Å². The van der Waals surface area contributed by atoms with Crippen LogP contribution in [0.1, 0.15) is 0 Å². The molecule has 274 valence electrons. The molecule has 0 N–H and O–H groups in total. The Balaban J connectivity index is 1.07. The van der Waals surface area contributed by atoms with Crippen LogP contribution in [0.3, 0.4) is 0 Å². The van der Waals surface area contributed by atoms with Gasteiger partial charge < -0.3 is 0 Å². The number of hydrogen-bond donors (Lipinski definition) is 0. The molecule has 0 amide bonds. The summed E-state index contributed by atoms with van der Waals surface area (Å²) in [6.07, 6.45) is 0. The maximum absolute atomic E-state index is 5.32. The highest BCUT2D eigenvalue weighted by Crippen LogP contribution is 2.45. The molecule has 0 aliphatic heterocycles. The molecule has 10 aromatic carbocycles. The molecule has 2 aromatic heterocycles. The normalized spacial score (nSPS) is 11.7. The van der Waals surface area contributed by atoms with E-state index in [1.54, 1.807) is 0 Å². The summed E-state index contributed by atoms with van der Waals surface area (Å²) >= 11 is 1.85. The molecule has 0 fully saturated rings. The van der Waals surface area contributed by atoms with Crippen LogP contribution in [0.15, 0.2) is 206 Å². The monoisotopic (exact) mass is 766 g/mol. The van der Waals surface area contributed by atoms with Crippen LogP contribution in [0, 0.1) is 0 Å². The first kappa shape index (κ1) is 33.7. The molecular weight excluding hydrogens is 733 g/mol. The molecule has 2 nitrogen and oxygen atoms in total. The highest BCUT2D eigenvalue weighted by Gasteiger charge is 2.19. The van der Waals surface area contributed by atoms with Gasteiger partial charge in [0.05, 0.1) is 11.4 Å². The SMILES string of the molecule is c1ccc(-c2nc(-c3cccc(-c4cccc5sc6ccccc6c45)c3)cc(-c3ccc(-c4c5ccccc5cc5c4ccc4ccccc45)c4ccccc34)n2)cc1. The van der Waals surface area contributed by atoms with Gasteiger partial charge in [-0.25, -0.2) is 9.97 Å². The Kier molecular flexibility index (Phi) is 7.75. The van der Waals surface area contributed by atoms with Crippen molar-refractivity contribution in [3.8, 4) is 56.2 Å². The Morgan fingerprint density at radius 3 is 1.80 bits per heavy atom.